The normalized spacial score (nSPS) is 15.9. The van der Waals surface area contributed by atoms with Crippen LogP contribution in [0.25, 0.3) is 11.1 Å². The first-order chi connectivity index (χ1) is 14.9. The molecule has 0 saturated heterocycles. The monoisotopic (exact) mass is 420 g/mol. The van der Waals surface area contributed by atoms with Crippen molar-refractivity contribution in [3.8, 4) is 22.6 Å². The molecule has 2 aromatic rings. The number of hydrogen-bond acceptors (Lipinski definition) is 4. The van der Waals surface area contributed by atoms with E-state index in [9.17, 15) is 4.79 Å². The Morgan fingerprint density at radius 2 is 1.74 bits per heavy atom. The highest BCUT2D eigenvalue weighted by atomic mass is 16.6. The van der Waals surface area contributed by atoms with E-state index >= 15 is 0 Å². The first-order valence-corrected chi connectivity index (χ1v) is 11.7. The fourth-order valence-corrected chi connectivity index (χ4v) is 4.67. The van der Waals surface area contributed by atoms with E-state index in [1.165, 1.54) is 5.56 Å². The Balaban J connectivity index is 1.90. The predicted octanol–water partition coefficient (Wildman–Crippen LogP) is 6.86. The van der Waals surface area contributed by atoms with Crippen molar-refractivity contribution in [2.24, 2.45) is 0 Å². The number of benzene rings is 2. The van der Waals surface area contributed by atoms with E-state index in [1.807, 2.05) is 6.07 Å². The van der Waals surface area contributed by atoms with Gasteiger partial charge in [-0.05, 0) is 50.8 Å². The largest absolute Gasteiger partial charge is 0.596 e. The molecule has 0 aliphatic carbocycles. The molecule has 4 nitrogen and oxygen atoms in total. The zero-order chi connectivity index (χ0) is 22.2. The summed E-state index contributed by atoms with van der Waals surface area (Å²) < 4.78 is 18.6. The number of unbranched alkanes of at least 4 members (excludes halogenated alkanes) is 3. The summed E-state index contributed by atoms with van der Waals surface area (Å²) in [5, 5.41) is 0. The van der Waals surface area contributed by atoms with Gasteiger partial charge >= 0.3 is 13.1 Å². The molecular formula is C26H33BO4. The summed E-state index contributed by atoms with van der Waals surface area (Å²) in [4.78, 5) is 13.2. The van der Waals surface area contributed by atoms with Crippen LogP contribution in [0.2, 0.25) is 6.32 Å². The van der Waals surface area contributed by atoms with Crippen molar-refractivity contribution < 1.29 is 18.8 Å². The Hall–Kier alpha value is -2.43. The molecule has 2 aliphatic heterocycles. The third kappa shape index (κ3) is 4.07. The fraction of sp³-hybridized carbons (Fsp3) is 0.500. The lowest BCUT2D eigenvalue weighted by Crippen LogP contribution is -2.36. The SMILES string of the molecule is CCCCCc1cc2c(c3c1C(=O)OB(CCCC)O3)-c1cc(C)ccc1C(C)(C)O2. The van der Waals surface area contributed by atoms with Gasteiger partial charge in [-0.3, -0.25) is 0 Å². The molecule has 0 atom stereocenters. The Bertz CT molecular complexity index is 995. The van der Waals surface area contributed by atoms with Crippen molar-refractivity contribution in [3.05, 3.63) is 46.5 Å². The maximum atomic E-state index is 13.2. The van der Waals surface area contributed by atoms with E-state index in [0.29, 0.717) is 17.6 Å². The van der Waals surface area contributed by atoms with E-state index in [0.717, 1.165) is 66.5 Å². The van der Waals surface area contributed by atoms with Gasteiger partial charge in [-0.25, -0.2) is 4.79 Å². The average molecular weight is 420 g/mol. The van der Waals surface area contributed by atoms with Crippen molar-refractivity contribution in [3.63, 3.8) is 0 Å². The molecule has 0 spiro atoms. The second kappa shape index (κ2) is 8.60. The van der Waals surface area contributed by atoms with Gasteiger partial charge in [-0.2, -0.15) is 0 Å². The molecule has 2 heterocycles. The van der Waals surface area contributed by atoms with Gasteiger partial charge in [0, 0.05) is 11.9 Å². The summed E-state index contributed by atoms with van der Waals surface area (Å²) in [6, 6.07) is 8.47. The number of carbonyl (C=O) groups is 1. The molecule has 0 N–H and O–H groups in total. The van der Waals surface area contributed by atoms with Gasteiger partial charge in [-0.15, -0.1) is 0 Å². The summed E-state index contributed by atoms with van der Waals surface area (Å²) in [5.74, 6) is 1.18. The maximum Gasteiger partial charge on any atom is 0.596 e. The smallest absolute Gasteiger partial charge is 0.524 e. The van der Waals surface area contributed by atoms with Crippen LogP contribution in [-0.4, -0.2) is 13.1 Å². The molecule has 0 saturated carbocycles. The fourth-order valence-electron chi connectivity index (χ4n) is 4.67. The van der Waals surface area contributed by atoms with Crippen LogP contribution < -0.4 is 9.39 Å². The van der Waals surface area contributed by atoms with Crippen LogP contribution in [0, 0.1) is 6.92 Å². The molecule has 0 fully saturated rings. The summed E-state index contributed by atoms with van der Waals surface area (Å²) in [6.45, 7) is 10.6. The third-order valence-electron chi connectivity index (χ3n) is 6.32. The number of hydrogen-bond donors (Lipinski definition) is 0. The predicted molar refractivity (Wildman–Crippen MR) is 125 cm³/mol. The Labute approximate surface area is 186 Å². The highest BCUT2D eigenvalue weighted by molar-refractivity contribution is 6.49. The lowest BCUT2D eigenvalue weighted by molar-refractivity contribution is 0.0675. The van der Waals surface area contributed by atoms with E-state index in [1.54, 1.807) is 0 Å². The van der Waals surface area contributed by atoms with Crippen molar-refractivity contribution in [2.75, 3.05) is 0 Å². The molecule has 2 aliphatic rings. The molecule has 2 aromatic carbocycles. The van der Waals surface area contributed by atoms with Crippen LogP contribution in [-0.2, 0) is 16.7 Å². The maximum absolute atomic E-state index is 13.2. The molecule has 5 heteroatoms. The first kappa shape index (κ1) is 21.8. The van der Waals surface area contributed by atoms with Crippen LogP contribution in [0.3, 0.4) is 0 Å². The van der Waals surface area contributed by atoms with Gasteiger partial charge in [0.1, 0.15) is 22.7 Å². The number of carbonyl (C=O) groups excluding carboxylic acids is 1. The molecule has 0 bridgehead atoms. The Morgan fingerprint density at radius 1 is 0.968 bits per heavy atom. The van der Waals surface area contributed by atoms with Crippen LogP contribution >= 0.6 is 0 Å². The third-order valence-corrected chi connectivity index (χ3v) is 6.32. The van der Waals surface area contributed by atoms with Gasteiger partial charge in [0.05, 0.1) is 5.56 Å². The summed E-state index contributed by atoms with van der Waals surface area (Å²) in [5.41, 5.74) is 5.36. The molecule has 164 valence electrons. The average Bonchev–Trinajstić information content (AvgIpc) is 2.71. The standard InChI is InChI=1S/C26H33BO4/c1-6-8-10-11-18-16-21-23(19-15-17(3)12-13-20(19)26(4,5)29-21)24-22(18)25(28)31-27(30-24)14-9-7-2/h12-13,15-16H,6-11,14H2,1-5H3. The number of rotatable bonds is 7. The van der Waals surface area contributed by atoms with Gasteiger partial charge in [-0.1, -0.05) is 63.3 Å². The van der Waals surface area contributed by atoms with Crippen LogP contribution in [0.4, 0.5) is 0 Å². The van der Waals surface area contributed by atoms with E-state index in [4.69, 9.17) is 14.0 Å². The second-order valence-corrected chi connectivity index (χ2v) is 9.33. The van der Waals surface area contributed by atoms with Crippen molar-refractivity contribution >= 4 is 13.1 Å². The van der Waals surface area contributed by atoms with Crippen molar-refractivity contribution in [2.45, 2.75) is 85.1 Å². The molecule has 0 unspecified atom stereocenters. The van der Waals surface area contributed by atoms with Gasteiger partial charge in [0.15, 0.2) is 0 Å². The molecule has 0 amide bonds. The van der Waals surface area contributed by atoms with E-state index in [2.05, 4.69) is 52.8 Å². The Morgan fingerprint density at radius 3 is 2.48 bits per heavy atom. The van der Waals surface area contributed by atoms with Crippen LogP contribution in [0.5, 0.6) is 11.5 Å². The zero-order valence-electron chi connectivity index (χ0n) is 19.5. The van der Waals surface area contributed by atoms with Gasteiger partial charge < -0.3 is 14.0 Å². The Kier molecular flexibility index (Phi) is 6.05. The summed E-state index contributed by atoms with van der Waals surface area (Å²) in [7, 11) is -0.543. The molecule has 4 rings (SSSR count). The van der Waals surface area contributed by atoms with Crippen molar-refractivity contribution in [1.82, 2.24) is 0 Å². The quantitative estimate of drug-likeness (QED) is 0.363. The van der Waals surface area contributed by atoms with Crippen molar-refractivity contribution in [1.29, 1.82) is 0 Å². The molecular weight excluding hydrogens is 387 g/mol. The highest BCUT2D eigenvalue weighted by Gasteiger charge is 2.42. The molecule has 0 radical (unpaired) electrons. The van der Waals surface area contributed by atoms with E-state index in [-0.39, 0.29) is 5.97 Å². The topological polar surface area (TPSA) is 44.8 Å². The first-order valence-electron chi connectivity index (χ1n) is 11.7. The second-order valence-electron chi connectivity index (χ2n) is 9.33. The molecule has 31 heavy (non-hydrogen) atoms. The van der Waals surface area contributed by atoms with Crippen LogP contribution in [0.1, 0.15) is 86.8 Å². The number of fused-ring (bicyclic) bond motifs is 5. The molecule has 0 aromatic heterocycles. The highest BCUT2D eigenvalue weighted by Crippen LogP contribution is 2.53. The van der Waals surface area contributed by atoms with Crippen LogP contribution in [0.15, 0.2) is 24.3 Å². The van der Waals surface area contributed by atoms with Gasteiger partial charge in [0.2, 0.25) is 0 Å². The minimum atomic E-state index is -0.543. The van der Waals surface area contributed by atoms with Gasteiger partial charge in [0.25, 0.3) is 0 Å². The lowest BCUT2D eigenvalue weighted by atomic mass is 9.78. The number of aryl methyl sites for hydroxylation is 2. The number of ether oxygens (including phenoxy) is 1. The zero-order valence-corrected chi connectivity index (χ0v) is 19.5. The lowest BCUT2D eigenvalue weighted by Gasteiger charge is -2.38. The minimum absolute atomic E-state index is 0.268. The van der Waals surface area contributed by atoms with E-state index < -0.39 is 12.7 Å². The minimum Gasteiger partial charge on any atom is -0.524 e. The summed E-state index contributed by atoms with van der Waals surface area (Å²) in [6.07, 6.45) is 6.76. The summed E-state index contributed by atoms with van der Waals surface area (Å²) >= 11 is 0.